The lowest BCUT2D eigenvalue weighted by molar-refractivity contribution is 0.0705. The van der Waals surface area contributed by atoms with Crippen LogP contribution < -0.4 is 4.74 Å². The Labute approximate surface area is 140 Å². The average molecular weight is 318 g/mol. The molecule has 0 aromatic heterocycles. The molecule has 23 heavy (non-hydrogen) atoms. The van der Waals surface area contributed by atoms with Crippen LogP contribution in [0.1, 0.15) is 25.3 Å². The van der Waals surface area contributed by atoms with Crippen molar-refractivity contribution in [3.8, 4) is 5.75 Å². The summed E-state index contributed by atoms with van der Waals surface area (Å²) < 4.78 is 10.8. The van der Waals surface area contributed by atoms with Crippen molar-refractivity contribution in [2.75, 3.05) is 46.5 Å². The monoisotopic (exact) mass is 318 g/mol. The van der Waals surface area contributed by atoms with Crippen LogP contribution >= 0.6 is 0 Å². The molecule has 128 valence electrons. The molecular formula is C19H30N2O2. The Kier molecular flexibility index (Phi) is 5.92. The van der Waals surface area contributed by atoms with Crippen LogP contribution in [0, 0.1) is 5.92 Å². The molecule has 3 fully saturated rings. The smallest absolute Gasteiger partial charge is 0.118 e. The van der Waals surface area contributed by atoms with Crippen molar-refractivity contribution in [2.45, 2.75) is 32.4 Å². The third kappa shape index (κ3) is 4.46. The van der Waals surface area contributed by atoms with Gasteiger partial charge in [0.05, 0.1) is 13.7 Å². The number of nitrogens with zero attached hydrogens (tertiary/aromatic N) is 2. The Balaban J connectivity index is 1.57. The normalized spacial score (nSPS) is 25.5. The maximum absolute atomic E-state index is 5.56. The Morgan fingerprint density at radius 1 is 1.09 bits per heavy atom. The summed E-state index contributed by atoms with van der Waals surface area (Å²) in [5.74, 6) is 1.75. The lowest BCUT2D eigenvalue weighted by Gasteiger charge is -2.36. The molecule has 0 saturated carbocycles. The maximum Gasteiger partial charge on any atom is 0.118 e. The molecule has 0 spiro atoms. The zero-order valence-electron chi connectivity index (χ0n) is 14.5. The first kappa shape index (κ1) is 16.7. The summed E-state index contributed by atoms with van der Waals surface area (Å²) >= 11 is 0. The van der Waals surface area contributed by atoms with Gasteiger partial charge in [0, 0.05) is 45.4 Å². The van der Waals surface area contributed by atoms with E-state index in [1.807, 2.05) is 0 Å². The molecule has 2 atom stereocenters. The lowest BCUT2D eigenvalue weighted by Crippen LogP contribution is -2.45. The van der Waals surface area contributed by atoms with Gasteiger partial charge in [-0.2, -0.15) is 0 Å². The molecule has 1 aromatic rings. The fourth-order valence-corrected chi connectivity index (χ4v) is 3.99. The van der Waals surface area contributed by atoms with E-state index in [4.69, 9.17) is 9.47 Å². The van der Waals surface area contributed by atoms with Gasteiger partial charge in [0.1, 0.15) is 5.75 Å². The van der Waals surface area contributed by atoms with Gasteiger partial charge in [0.15, 0.2) is 0 Å². The van der Waals surface area contributed by atoms with Crippen molar-refractivity contribution in [3.63, 3.8) is 0 Å². The van der Waals surface area contributed by atoms with E-state index in [2.05, 4.69) is 41.0 Å². The van der Waals surface area contributed by atoms with Gasteiger partial charge in [-0.3, -0.25) is 9.80 Å². The topological polar surface area (TPSA) is 24.9 Å². The second kappa shape index (κ2) is 8.13. The van der Waals surface area contributed by atoms with Gasteiger partial charge in [0.25, 0.3) is 0 Å². The van der Waals surface area contributed by atoms with Gasteiger partial charge < -0.3 is 9.47 Å². The van der Waals surface area contributed by atoms with E-state index in [0.29, 0.717) is 6.04 Å². The summed E-state index contributed by atoms with van der Waals surface area (Å²) in [5.41, 5.74) is 1.38. The number of rotatable bonds is 7. The van der Waals surface area contributed by atoms with Crippen molar-refractivity contribution in [3.05, 3.63) is 29.8 Å². The zero-order chi connectivity index (χ0) is 16.1. The molecule has 0 N–H and O–H groups in total. The maximum atomic E-state index is 5.56. The highest BCUT2D eigenvalue weighted by molar-refractivity contribution is 5.27. The molecule has 0 aliphatic carbocycles. The van der Waals surface area contributed by atoms with Gasteiger partial charge >= 0.3 is 0 Å². The number of hydrogen-bond acceptors (Lipinski definition) is 4. The third-order valence-corrected chi connectivity index (χ3v) is 5.19. The summed E-state index contributed by atoms with van der Waals surface area (Å²) in [6.07, 6.45) is 2.73. The summed E-state index contributed by atoms with van der Waals surface area (Å²) in [6, 6.07) is 9.22. The highest BCUT2D eigenvalue weighted by Gasteiger charge is 2.34. The minimum absolute atomic E-state index is 0.701. The van der Waals surface area contributed by atoms with Crippen LogP contribution in [0.3, 0.4) is 0 Å². The van der Waals surface area contributed by atoms with Gasteiger partial charge in [-0.05, 0) is 43.4 Å². The van der Waals surface area contributed by atoms with Crippen molar-refractivity contribution >= 4 is 0 Å². The van der Waals surface area contributed by atoms with Crippen molar-refractivity contribution in [2.24, 2.45) is 5.92 Å². The predicted octanol–water partition coefficient (Wildman–Crippen LogP) is 2.63. The molecule has 0 radical (unpaired) electrons. The third-order valence-electron chi connectivity index (χ3n) is 5.19. The van der Waals surface area contributed by atoms with Crippen LogP contribution in [-0.4, -0.2) is 62.3 Å². The fraction of sp³-hybridized carbons (Fsp3) is 0.684. The van der Waals surface area contributed by atoms with Gasteiger partial charge in [0.2, 0.25) is 0 Å². The first-order valence-corrected chi connectivity index (χ1v) is 8.95. The number of ether oxygens (including phenoxy) is 2. The van der Waals surface area contributed by atoms with E-state index in [0.717, 1.165) is 38.0 Å². The number of methoxy groups -OCH3 is 1. The molecule has 3 saturated heterocycles. The summed E-state index contributed by atoms with van der Waals surface area (Å²) in [6.45, 7) is 9.58. The van der Waals surface area contributed by atoms with E-state index in [9.17, 15) is 0 Å². The first-order valence-electron chi connectivity index (χ1n) is 8.95. The quantitative estimate of drug-likeness (QED) is 0.722. The predicted molar refractivity (Wildman–Crippen MR) is 92.8 cm³/mol. The Morgan fingerprint density at radius 2 is 1.91 bits per heavy atom. The molecule has 3 heterocycles. The van der Waals surface area contributed by atoms with Crippen LogP contribution in [-0.2, 0) is 11.3 Å². The molecule has 3 aliphatic rings. The zero-order valence-corrected chi connectivity index (χ0v) is 14.5. The molecular weight excluding hydrogens is 288 g/mol. The highest BCUT2D eigenvalue weighted by atomic mass is 16.5. The van der Waals surface area contributed by atoms with E-state index in [1.165, 1.54) is 38.0 Å². The van der Waals surface area contributed by atoms with Crippen molar-refractivity contribution in [1.82, 2.24) is 9.80 Å². The van der Waals surface area contributed by atoms with Crippen LogP contribution in [0.5, 0.6) is 5.75 Å². The molecule has 0 unspecified atom stereocenters. The number of piperidine rings is 1. The standard InChI is InChI=1S/C19H30N2O2/c1-3-23-11-10-21-14-17-4-7-18(21)15-20(13-17)12-16-5-8-19(22-2)9-6-16/h5-6,8-9,17-18H,3-4,7,10-15H2,1-2H3/t17-,18+/m0/s1. The minimum atomic E-state index is 0.701. The van der Waals surface area contributed by atoms with E-state index in [1.54, 1.807) is 7.11 Å². The van der Waals surface area contributed by atoms with Crippen LogP contribution in [0.25, 0.3) is 0 Å². The minimum Gasteiger partial charge on any atom is -0.497 e. The van der Waals surface area contributed by atoms with Crippen molar-refractivity contribution in [1.29, 1.82) is 0 Å². The Hall–Kier alpha value is -1.10. The average Bonchev–Trinajstić information content (AvgIpc) is 2.86. The number of benzene rings is 1. The van der Waals surface area contributed by atoms with E-state index >= 15 is 0 Å². The fourth-order valence-electron chi connectivity index (χ4n) is 3.99. The molecule has 4 nitrogen and oxygen atoms in total. The van der Waals surface area contributed by atoms with Gasteiger partial charge in [-0.25, -0.2) is 0 Å². The van der Waals surface area contributed by atoms with Crippen LogP contribution in [0.4, 0.5) is 0 Å². The van der Waals surface area contributed by atoms with Crippen LogP contribution in [0.15, 0.2) is 24.3 Å². The Bertz CT molecular complexity index is 477. The largest absolute Gasteiger partial charge is 0.497 e. The summed E-state index contributed by atoms with van der Waals surface area (Å²) in [5, 5.41) is 0. The number of fused-ring (bicyclic) bond motifs is 4. The molecule has 2 bridgehead atoms. The molecule has 3 aliphatic heterocycles. The van der Waals surface area contributed by atoms with Gasteiger partial charge in [-0.1, -0.05) is 12.1 Å². The first-order chi connectivity index (χ1) is 11.3. The lowest BCUT2D eigenvalue weighted by atomic mass is 9.95. The SMILES string of the molecule is CCOCCN1C[C@H]2CC[C@@H]1CN(Cc1ccc(OC)cc1)C2. The Morgan fingerprint density at radius 3 is 2.65 bits per heavy atom. The number of hydrogen-bond donors (Lipinski definition) is 0. The van der Waals surface area contributed by atoms with E-state index < -0.39 is 0 Å². The van der Waals surface area contributed by atoms with E-state index in [-0.39, 0.29) is 0 Å². The second-order valence-electron chi connectivity index (χ2n) is 6.83. The van der Waals surface area contributed by atoms with Crippen molar-refractivity contribution < 1.29 is 9.47 Å². The summed E-state index contributed by atoms with van der Waals surface area (Å²) in [7, 11) is 1.72. The summed E-state index contributed by atoms with van der Waals surface area (Å²) in [4.78, 5) is 5.31. The molecule has 0 amide bonds. The molecule has 4 heteroatoms. The van der Waals surface area contributed by atoms with Crippen LogP contribution in [0.2, 0.25) is 0 Å². The molecule has 4 rings (SSSR count). The molecule has 1 aromatic carbocycles. The second-order valence-corrected chi connectivity index (χ2v) is 6.83. The van der Waals surface area contributed by atoms with Gasteiger partial charge in [-0.15, -0.1) is 0 Å². The highest BCUT2D eigenvalue weighted by Crippen LogP contribution is 2.28.